The SMILES string of the molecule is COc1cccc(OC)c1-n1c(CS(=O)(=O)[C@@H](C)[C@@H](OC)C2CCC2)nnc1-c1cncc(C)c1. The minimum absolute atomic E-state index is 0.255. The fourth-order valence-corrected chi connectivity index (χ4v) is 6.16. The lowest BCUT2D eigenvalue weighted by Crippen LogP contribution is -2.42. The minimum Gasteiger partial charge on any atom is -0.494 e. The lowest BCUT2D eigenvalue weighted by atomic mass is 9.80. The fraction of sp³-hybridized carbons (Fsp3) is 0.480. The van der Waals surface area contributed by atoms with Crippen molar-refractivity contribution in [3.8, 4) is 28.6 Å². The van der Waals surface area contributed by atoms with Crippen LogP contribution < -0.4 is 9.47 Å². The van der Waals surface area contributed by atoms with Gasteiger partial charge in [0.05, 0.1) is 25.6 Å². The molecule has 188 valence electrons. The van der Waals surface area contributed by atoms with E-state index < -0.39 is 15.1 Å². The monoisotopic (exact) mass is 500 g/mol. The molecule has 2 heterocycles. The van der Waals surface area contributed by atoms with Crippen molar-refractivity contribution in [1.29, 1.82) is 0 Å². The predicted octanol–water partition coefficient (Wildman–Crippen LogP) is 3.77. The van der Waals surface area contributed by atoms with E-state index in [1.54, 1.807) is 63.4 Å². The summed E-state index contributed by atoms with van der Waals surface area (Å²) in [6, 6.07) is 7.30. The molecular weight excluding hydrogens is 468 g/mol. The molecule has 1 aromatic carbocycles. The molecule has 0 aliphatic heterocycles. The van der Waals surface area contributed by atoms with E-state index in [9.17, 15) is 8.42 Å². The molecule has 0 amide bonds. The predicted molar refractivity (Wildman–Crippen MR) is 133 cm³/mol. The lowest BCUT2D eigenvalue weighted by Gasteiger charge is -2.36. The fourth-order valence-electron chi connectivity index (χ4n) is 4.61. The first-order valence-electron chi connectivity index (χ1n) is 11.6. The van der Waals surface area contributed by atoms with Crippen molar-refractivity contribution in [2.75, 3.05) is 21.3 Å². The highest BCUT2D eigenvalue weighted by atomic mass is 32.2. The van der Waals surface area contributed by atoms with Crippen molar-refractivity contribution in [3.63, 3.8) is 0 Å². The summed E-state index contributed by atoms with van der Waals surface area (Å²) in [5, 5.41) is 8.04. The summed E-state index contributed by atoms with van der Waals surface area (Å²) in [4.78, 5) is 4.28. The maximum Gasteiger partial charge on any atom is 0.170 e. The Kier molecular flexibility index (Phi) is 7.42. The van der Waals surface area contributed by atoms with Crippen molar-refractivity contribution >= 4 is 9.84 Å². The van der Waals surface area contributed by atoms with E-state index in [-0.39, 0.29) is 23.6 Å². The molecule has 2 atom stereocenters. The quantitative estimate of drug-likeness (QED) is 0.414. The molecule has 1 fully saturated rings. The summed E-state index contributed by atoms with van der Waals surface area (Å²) in [5.41, 5.74) is 2.17. The van der Waals surface area contributed by atoms with Crippen LogP contribution in [0.25, 0.3) is 17.1 Å². The van der Waals surface area contributed by atoms with Crippen LogP contribution >= 0.6 is 0 Å². The summed E-state index contributed by atoms with van der Waals surface area (Å²) in [5.74, 6) is 1.66. The largest absolute Gasteiger partial charge is 0.494 e. The number of rotatable bonds is 10. The zero-order valence-corrected chi connectivity index (χ0v) is 21.6. The molecule has 0 saturated heterocycles. The topological polar surface area (TPSA) is 105 Å². The summed E-state index contributed by atoms with van der Waals surface area (Å²) >= 11 is 0. The van der Waals surface area contributed by atoms with Crippen LogP contribution in [0.2, 0.25) is 0 Å². The Bertz CT molecular complexity index is 1260. The molecule has 3 aromatic rings. The minimum atomic E-state index is -3.64. The Labute approximate surface area is 206 Å². The maximum absolute atomic E-state index is 13.6. The molecule has 0 spiro atoms. The van der Waals surface area contributed by atoms with Crippen molar-refractivity contribution in [2.24, 2.45) is 5.92 Å². The second kappa shape index (κ2) is 10.3. The van der Waals surface area contributed by atoms with Gasteiger partial charge in [-0.05, 0) is 56.4 Å². The molecule has 0 bridgehead atoms. The first kappa shape index (κ1) is 25.1. The molecule has 0 unspecified atom stereocenters. The number of methoxy groups -OCH3 is 3. The highest BCUT2D eigenvalue weighted by molar-refractivity contribution is 7.91. The van der Waals surface area contributed by atoms with Crippen LogP contribution in [0.3, 0.4) is 0 Å². The Morgan fingerprint density at radius 1 is 1.09 bits per heavy atom. The van der Waals surface area contributed by atoms with E-state index in [4.69, 9.17) is 14.2 Å². The number of hydrogen-bond donors (Lipinski definition) is 0. The number of aryl methyl sites for hydroxylation is 1. The standard InChI is InChI=1S/C25H32N4O5S/c1-16-12-19(14-26-13-16)25-28-27-22(29(25)23-20(32-3)10-7-11-21(23)33-4)15-35(30,31)17(2)24(34-5)18-8-6-9-18/h7,10-14,17-18,24H,6,8-9,15H2,1-5H3/t17-,24+/m0/s1. The van der Waals surface area contributed by atoms with Gasteiger partial charge in [-0.25, -0.2) is 8.42 Å². The van der Waals surface area contributed by atoms with Crippen LogP contribution in [0.1, 0.15) is 37.6 Å². The number of hydrogen-bond acceptors (Lipinski definition) is 8. The molecule has 35 heavy (non-hydrogen) atoms. The number of benzene rings is 1. The second-order valence-corrected chi connectivity index (χ2v) is 11.3. The van der Waals surface area contributed by atoms with Gasteiger partial charge < -0.3 is 14.2 Å². The Balaban J connectivity index is 1.85. The molecule has 4 rings (SSSR count). The smallest absolute Gasteiger partial charge is 0.170 e. The van der Waals surface area contributed by atoms with Gasteiger partial charge in [0.15, 0.2) is 21.5 Å². The number of aromatic nitrogens is 4. The third-order valence-corrected chi connectivity index (χ3v) is 8.80. The lowest BCUT2D eigenvalue weighted by molar-refractivity contribution is 0.0193. The molecular formula is C25H32N4O5S. The van der Waals surface area contributed by atoms with Gasteiger partial charge in [0.25, 0.3) is 0 Å². The number of para-hydroxylation sites is 1. The summed E-state index contributed by atoms with van der Waals surface area (Å²) in [7, 11) is 1.05. The Morgan fingerprint density at radius 3 is 2.31 bits per heavy atom. The van der Waals surface area contributed by atoms with Crippen LogP contribution in [0.5, 0.6) is 11.5 Å². The van der Waals surface area contributed by atoms with Gasteiger partial charge >= 0.3 is 0 Å². The molecule has 9 nitrogen and oxygen atoms in total. The zero-order chi connectivity index (χ0) is 25.2. The average Bonchev–Trinajstić information content (AvgIpc) is 3.22. The molecule has 0 N–H and O–H groups in total. The van der Waals surface area contributed by atoms with Crippen LogP contribution in [0, 0.1) is 12.8 Å². The highest BCUT2D eigenvalue weighted by Crippen LogP contribution is 2.38. The van der Waals surface area contributed by atoms with E-state index in [2.05, 4.69) is 15.2 Å². The van der Waals surface area contributed by atoms with E-state index in [0.717, 1.165) is 24.8 Å². The second-order valence-electron chi connectivity index (χ2n) is 8.94. The van der Waals surface area contributed by atoms with Gasteiger partial charge in [-0.3, -0.25) is 9.55 Å². The Hall–Kier alpha value is -2.98. The summed E-state index contributed by atoms with van der Waals surface area (Å²) in [6.45, 7) is 3.65. The molecule has 1 saturated carbocycles. The van der Waals surface area contributed by atoms with E-state index >= 15 is 0 Å². The Morgan fingerprint density at radius 2 is 1.77 bits per heavy atom. The van der Waals surface area contributed by atoms with Crippen LogP contribution in [0.15, 0.2) is 36.7 Å². The van der Waals surface area contributed by atoms with Gasteiger partial charge in [0.2, 0.25) is 0 Å². The third-order valence-electron chi connectivity index (χ3n) is 6.73. The van der Waals surface area contributed by atoms with E-state index in [0.29, 0.717) is 28.6 Å². The van der Waals surface area contributed by atoms with E-state index in [1.165, 1.54) is 0 Å². The maximum atomic E-state index is 13.6. The normalized spacial score (nSPS) is 15.9. The molecule has 2 aromatic heterocycles. The first-order valence-corrected chi connectivity index (χ1v) is 13.3. The molecule has 1 aliphatic rings. The van der Waals surface area contributed by atoms with Crippen LogP contribution in [-0.2, 0) is 20.3 Å². The number of nitrogens with zero attached hydrogens (tertiary/aromatic N) is 4. The number of pyridine rings is 1. The molecule has 0 radical (unpaired) electrons. The van der Waals surface area contributed by atoms with Crippen LogP contribution in [-0.4, -0.2) is 60.8 Å². The highest BCUT2D eigenvalue weighted by Gasteiger charge is 2.39. The zero-order valence-electron chi connectivity index (χ0n) is 20.8. The molecule has 10 heteroatoms. The first-order chi connectivity index (χ1) is 16.8. The molecule has 1 aliphatic carbocycles. The summed E-state index contributed by atoms with van der Waals surface area (Å²) in [6.07, 6.45) is 6.13. The van der Waals surface area contributed by atoms with Crippen molar-refractivity contribution in [3.05, 3.63) is 48.0 Å². The number of ether oxygens (including phenoxy) is 3. The van der Waals surface area contributed by atoms with Gasteiger partial charge in [0.1, 0.15) is 22.9 Å². The van der Waals surface area contributed by atoms with Gasteiger partial charge in [0, 0.05) is 25.1 Å². The van der Waals surface area contributed by atoms with Gasteiger partial charge in [-0.15, -0.1) is 10.2 Å². The third kappa shape index (κ3) is 4.90. The number of sulfone groups is 1. The van der Waals surface area contributed by atoms with Crippen LogP contribution in [0.4, 0.5) is 0 Å². The van der Waals surface area contributed by atoms with Crippen molar-refractivity contribution in [1.82, 2.24) is 19.7 Å². The van der Waals surface area contributed by atoms with Crippen molar-refractivity contribution in [2.45, 2.75) is 50.2 Å². The van der Waals surface area contributed by atoms with Gasteiger partial charge in [-0.2, -0.15) is 0 Å². The van der Waals surface area contributed by atoms with Gasteiger partial charge in [-0.1, -0.05) is 12.5 Å². The van der Waals surface area contributed by atoms with E-state index in [1.807, 2.05) is 13.0 Å². The van der Waals surface area contributed by atoms with Crippen molar-refractivity contribution < 1.29 is 22.6 Å². The average molecular weight is 501 g/mol. The summed E-state index contributed by atoms with van der Waals surface area (Å²) < 4.78 is 45.8.